The molecule has 5 aromatic rings. The smallest absolute Gasteiger partial charge is 0.411 e. The number of methoxy groups -OCH3 is 1. The van der Waals surface area contributed by atoms with Gasteiger partial charge in [-0.2, -0.15) is 0 Å². The standard InChI is InChI=1S/C47H47Cl2N3O8/c1-27-28(2)50-18-17-36(27)31-10-7-29(8-11-31)20-39(45(54)56-6)51-44(53)40-21-33-22-41-42(23-34(33)24-52(40)46(55)60-47(3,4)5)59-43(26-58-41)32-12-14-35(15-13-32)57-25-30-9-16-37(48)38(49)19-30/h7-19,22-23,39-40,43H,20-21,24-26H2,1-6H3,(H,51,53)/t39-,40-,43-/m0/s1. The number of halogens is 2. The normalized spacial score (nSPS) is 16.3. The molecule has 1 aromatic heterocycles. The van der Waals surface area contributed by atoms with Gasteiger partial charge in [-0.15, -0.1) is 0 Å². The molecule has 1 N–H and O–H groups in total. The van der Waals surface area contributed by atoms with Crippen molar-refractivity contribution < 1.29 is 38.1 Å². The number of nitrogens with zero attached hydrogens (tertiary/aromatic N) is 2. The number of pyridine rings is 1. The number of nitrogens with one attached hydrogen (secondary N) is 1. The maximum absolute atomic E-state index is 14.2. The average molecular weight is 853 g/mol. The fourth-order valence-corrected chi connectivity index (χ4v) is 7.57. The summed E-state index contributed by atoms with van der Waals surface area (Å²) in [7, 11) is 1.28. The van der Waals surface area contributed by atoms with Crippen LogP contribution < -0.4 is 19.5 Å². The molecule has 0 radical (unpaired) electrons. The molecule has 0 fully saturated rings. The van der Waals surface area contributed by atoms with Crippen LogP contribution in [0, 0.1) is 13.8 Å². The molecule has 0 bridgehead atoms. The Morgan fingerprint density at radius 3 is 2.32 bits per heavy atom. The van der Waals surface area contributed by atoms with Crippen LogP contribution in [0.25, 0.3) is 11.1 Å². The summed E-state index contributed by atoms with van der Waals surface area (Å²) in [4.78, 5) is 46.9. The third kappa shape index (κ3) is 9.80. The molecular formula is C47H47Cl2N3O8. The third-order valence-corrected chi connectivity index (χ3v) is 11.3. The minimum atomic E-state index is -1.01. The van der Waals surface area contributed by atoms with Crippen molar-refractivity contribution in [3.05, 3.63) is 140 Å². The van der Waals surface area contributed by atoms with Crippen molar-refractivity contribution >= 4 is 41.2 Å². The number of aryl methyl sites for hydroxylation is 1. The SMILES string of the molecule is COC(=O)[C@H](Cc1ccc(-c2ccnc(C)c2C)cc1)NC(=O)[C@@H]1Cc2cc3c(cc2CN1C(=O)OC(C)(C)C)O[C@H](c1ccc(OCc2ccc(Cl)c(Cl)c2)cc1)CO3. The molecule has 7 rings (SSSR count). The summed E-state index contributed by atoms with van der Waals surface area (Å²) >= 11 is 12.2. The van der Waals surface area contributed by atoms with Crippen LogP contribution in [0.1, 0.15) is 65.9 Å². The van der Waals surface area contributed by atoms with Gasteiger partial charge in [0.15, 0.2) is 17.6 Å². The highest BCUT2D eigenvalue weighted by Gasteiger charge is 2.40. The van der Waals surface area contributed by atoms with Gasteiger partial charge in [0.2, 0.25) is 5.91 Å². The summed E-state index contributed by atoms with van der Waals surface area (Å²) < 4.78 is 29.5. The number of amides is 2. The highest BCUT2D eigenvalue weighted by Crippen LogP contribution is 2.41. The molecule has 60 heavy (non-hydrogen) atoms. The minimum absolute atomic E-state index is 0.0623. The molecule has 3 atom stereocenters. The first-order chi connectivity index (χ1) is 28.6. The minimum Gasteiger partial charge on any atom is -0.489 e. The molecule has 0 saturated carbocycles. The lowest BCUT2D eigenvalue weighted by atomic mass is 9.92. The van der Waals surface area contributed by atoms with E-state index in [0.29, 0.717) is 33.9 Å². The first kappa shape index (κ1) is 42.3. The molecule has 2 aliphatic heterocycles. The Bertz CT molecular complexity index is 2400. The molecule has 13 heteroatoms. The fraction of sp³-hybridized carbons (Fsp3) is 0.319. The van der Waals surface area contributed by atoms with Gasteiger partial charge in [0, 0.05) is 24.7 Å². The number of carbonyl (C=O) groups excluding carboxylic acids is 3. The second-order valence-electron chi connectivity index (χ2n) is 16.0. The molecular weight excluding hydrogens is 805 g/mol. The summed E-state index contributed by atoms with van der Waals surface area (Å²) in [6.45, 7) is 9.95. The molecule has 2 aliphatic rings. The number of rotatable bonds is 10. The van der Waals surface area contributed by atoms with E-state index < -0.39 is 41.8 Å². The first-order valence-corrected chi connectivity index (χ1v) is 20.4. The zero-order chi connectivity index (χ0) is 42.7. The molecule has 0 aliphatic carbocycles. The van der Waals surface area contributed by atoms with Gasteiger partial charge in [-0.3, -0.25) is 14.7 Å². The lowest BCUT2D eigenvalue weighted by molar-refractivity contribution is -0.145. The van der Waals surface area contributed by atoms with Crippen molar-refractivity contribution in [2.45, 2.75) is 84.4 Å². The van der Waals surface area contributed by atoms with E-state index in [1.807, 2.05) is 86.6 Å². The van der Waals surface area contributed by atoms with Gasteiger partial charge in [-0.25, -0.2) is 9.59 Å². The highest BCUT2D eigenvalue weighted by molar-refractivity contribution is 6.42. The topological polar surface area (TPSA) is 126 Å². The Kier molecular flexibility index (Phi) is 12.6. The highest BCUT2D eigenvalue weighted by atomic mass is 35.5. The Labute approximate surface area is 359 Å². The quantitative estimate of drug-likeness (QED) is 0.137. The van der Waals surface area contributed by atoms with E-state index in [1.54, 1.807) is 39.1 Å². The van der Waals surface area contributed by atoms with E-state index in [0.717, 1.165) is 50.2 Å². The number of carbonyl (C=O) groups is 3. The molecule has 3 heterocycles. The lowest BCUT2D eigenvalue weighted by Gasteiger charge is -2.38. The van der Waals surface area contributed by atoms with Gasteiger partial charge in [0.05, 0.1) is 23.7 Å². The Balaban J connectivity index is 1.06. The van der Waals surface area contributed by atoms with Crippen LogP contribution in [0.4, 0.5) is 4.79 Å². The van der Waals surface area contributed by atoms with Crippen LogP contribution in [0.15, 0.2) is 91.1 Å². The summed E-state index contributed by atoms with van der Waals surface area (Å²) in [5.41, 5.74) is 7.50. The molecule has 0 unspecified atom stereocenters. The summed E-state index contributed by atoms with van der Waals surface area (Å²) in [5, 5.41) is 3.85. The first-order valence-electron chi connectivity index (χ1n) is 19.7. The van der Waals surface area contributed by atoms with Crippen molar-refractivity contribution in [3.8, 4) is 28.4 Å². The number of aromatic nitrogens is 1. The number of fused-ring (bicyclic) bond motifs is 2. The van der Waals surface area contributed by atoms with Crippen molar-refractivity contribution in [2.24, 2.45) is 0 Å². The van der Waals surface area contributed by atoms with Gasteiger partial charge in [0.25, 0.3) is 0 Å². The van der Waals surface area contributed by atoms with Crippen molar-refractivity contribution in [2.75, 3.05) is 13.7 Å². The molecule has 11 nitrogen and oxygen atoms in total. The predicted molar refractivity (Wildman–Crippen MR) is 229 cm³/mol. The van der Waals surface area contributed by atoms with Crippen molar-refractivity contribution in [3.63, 3.8) is 0 Å². The van der Waals surface area contributed by atoms with E-state index in [4.69, 9.17) is 46.9 Å². The Hall–Kier alpha value is -5.78. The largest absolute Gasteiger partial charge is 0.489 e. The van der Waals surface area contributed by atoms with E-state index in [2.05, 4.69) is 10.3 Å². The van der Waals surface area contributed by atoms with Gasteiger partial charge in [-0.05, 0) is 122 Å². The van der Waals surface area contributed by atoms with Crippen LogP contribution in [-0.2, 0) is 45.1 Å². The lowest BCUT2D eigenvalue weighted by Crippen LogP contribution is -2.56. The zero-order valence-corrected chi connectivity index (χ0v) is 35.9. The molecule has 0 spiro atoms. The number of ether oxygens (including phenoxy) is 5. The number of benzene rings is 4. The molecule has 4 aromatic carbocycles. The van der Waals surface area contributed by atoms with Gasteiger partial charge in [-0.1, -0.05) is 65.7 Å². The Morgan fingerprint density at radius 1 is 0.900 bits per heavy atom. The van der Waals surface area contributed by atoms with Crippen LogP contribution in [0.3, 0.4) is 0 Å². The maximum Gasteiger partial charge on any atom is 0.411 e. The average Bonchev–Trinajstić information content (AvgIpc) is 3.23. The van der Waals surface area contributed by atoms with Crippen LogP contribution in [-0.4, -0.2) is 59.3 Å². The van der Waals surface area contributed by atoms with Crippen LogP contribution in [0.2, 0.25) is 10.0 Å². The molecule has 312 valence electrons. The zero-order valence-electron chi connectivity index (χ0n) is 34.3. The number of hydrogen-bond acceptors (Lipinski definition) is 9. The second-order valence-corrected chi connectivity index (χ2v) is 16.8. The van der Waals surface area contributed by atoms with Crippen molar-refractivity contribution in [1.29, 1.82) is 0 Å². The van der Waals surface area contributed by atoms with E-state index in [-0.39, 0.29) is 26.0 Å². The van der Waals surface area contributed by atoms with E-state index in [1.165, 1.54) is 12.0 Å². The third-order valence-electron chi connectivity index (χ3n) is 10.6. The number of hydrogen-bond donors (Lipinski definition) is 1. The van der Waals surface area contributed by atoms with E-state index >= 15 is 0 Å². The van der Waals surface area contributed by atoms with Gasteiger partial charge < -0.3 is 29.0 Å². The molecule has 0 saturated heterocycles. The maximum atomic E-state index is 14.2. The van der Waals surface area contributed by atoms with Gasteiger partial charge in [0.1, 0.15) is 36.6 Å². The van der Waals surface area contributed by atoms with Crippen molar-refractivity contribution in [1.82, 2.24) is 15.2 Å². The fourth-order valence-electron chi connectivity index (χ4n) is 7.25. The van der Waals surface area contributed by atoms with Crippen LogP contribution in [0.5, 0.6) is 17.2 Å². The molecule has 2 amide bonds. The Morgan fingerprint density at radius 2 is 1.62 bits per heavy atom. The summed E-state index contributed by atoms with van der Waals surface area (Å²) in [6, 6.07) is 24.5. The van der Waals surface area contributed by atoms with Gasteiger partial charge >= 0.3 is 12.1 Å². The monoisotopic (exact) mass is 851 g/mol. The number of esters is 1. The summed E-state index contributed by atoms with van der Waals surface area (Å²) in [5.74, 6) is 0.608. The second kappa shape index (κ2) is 17.8. The summed E-state index contributed by atoms with van der Waals surface area (Å²) in [6.07, 6.45) is 1.05. The van der Waals surface area contributed by atoms with E-state index in [9.17, 15) is 14.4 Å². The predicted octanol–water partition coefficient (Wildman–Crippen LogP) is 9.33. The van der Waals surface area contributed by atoms with Crippen LogP contribution >= 0.6 is 23.2 Å².